The quantitative estimate of drug-likeness (QED) is 0.0695. The Balaban J connectivity index is 0.812. The molecule has 0 aliphatic carbocycles. The Morgan fingerprint density at radius 1 is 1.02 bits per heavy atom. The van der Waals surface area contributed by atoms with Gasteiger partial charge in [-0.3, -0.25) is 43.7 Å². The fourth-order valence-electron chi connectivity index (χ4n) is 7.65. The van der Waals surface area contributed by atoms with Crippen molar-refractivity contribution in [3.63, 3.8) is 0 Å². The summed E-state index contributed by atoms with van der Waals surface area (Å²) in [5.41, 5.74) is 1.92. The summed E-state index contributed by atoms with van der Waals surface area (Å²) in [5, 5.41) is 25.6. The highest BCUT2D eigenvalue weighted by Gasteiger charge is 2.50. The Kier molecular flexibility index (Phi) is 11.5. The number of fused-ring (bicyclic) bond motifs is 2. The summed E-state index contributed by atoms with van der Waals surface area (Å²) in [7, 11) is -3.41. The smallest absolute Gasteiger partial charge is 0.266 e. The highest BCUT2D eigenvalue weighted by Crippen LogP contribution is 2.37. The topological polar surface area (TPSA) is 284 Å². The number of carbonyl (C=O) groups is 6. The number of nitrogens with one attached hydrogen (secondary N) is 5. The summed E-state index contributed by atoms with van der Waals surface area (Å²) in [6, 6.07) is 13.9. The maximum absolute atomic E-state index is 13.3. The first-order valence-electron chi connectivity index (χ1n) is 20.0. The second-order valence-electron chi connectivity index (χ2n) is 15.1. The molecule has 3 aromatic heterocycles. The monoisotopic (exact) mass is 876 g/mol. The molecule has 324 valence electrons. The van der Waals surface area contributed by atoms with Gasteiger partial charge in [-0.25, -0.2) is 13.4 Å². The van der Waals surface area contributed by atoms with Gasteiger partial charge in [0, 0.05) is 67.2 Å². The SMILES string of the molecule is CCS(=O)(=O)N1CC(CC#N)(n2cc(-c3nc(Nc4ccc(C(=O)NCCCNC(=O)COc5cccc6c5C(=O)N(C5CCC(=O)NC5=O)C6=O)cc4)nc4[nH]ccc34)cn2)C1. The fraction of sp³-hybridized carbons (Fsp3) is 0.317. The van der Waals surface area contributed by atoms with Gasteiger partial charge in [0.1, 0.15) is 23.0 Å². The molecule has 3 aliphatic heterocycles. The summed E-state index contributed by atoms with van der Waals surface area (Å²) >= 11 is 0. The maximum Gasteiger partial charge on any atom is 0.266 e. The standard InChI is InChI=1S/C41H40N12O9S/c1-2-63(60,61)51-22-41(23-51,14-15-42)52-20-25(19-46-52)34-28-13-18-44-35(28)50-40(49-34)47-26-9-7-24(8-10-26)36(56)45-17-4-16-43-32(55)21-62-30-6-3-5-27-33(30)39(59)53(38(27)58)29-11-12-31(54)48-37(29)57/h3,5-10,13,18-20,29H,2,4,11-12,14,16-17,21-23H2,1H3,(H,43,55)(H,45,56)(H,48,54,57)(H2,44,47,49,50). The first-order chi connectivity index (χ1) is 30.3. The predicted octanol–water partition coefficient (Wildman–Crippen LogP) is 1.56. The van der Waals surface area contributed by atoms with Crippen molar-refractivity contribution < 1.29 is 41.9 Å². The van der Waals surface area contributed by atoms with E-state index in [2.05, 4.69) is 42.4 Å². The molecule has 2 saturated heterocycles. The molecule has 2 aromatic carbocycles. The van der Waals surface area contributed by atoms with Gasteiger partial charge in [0.05, 0.1) is 41.3 Å². The Hall–Kier alpha value is -7.51. The molecule has 0 radical (unpaired) electrons. The van der Waals surface area contributed by atoms with Crippen LogP contribution in [0.25, 0.3) is 22.3 Å². The minimum atomic E-state index is -3.41. The van der Waals surface area contributed by atoms with Gasteiger partial charge >= 0.3 is 0 Å². The normalized spacial score (nSPS) is 17.1. The summed E-state index contributed by atoms with van der Waals surface area (Å²) in [6.45, 7) is 1.85. The summed E-state index contributed by atoms with van der Waals surface area (Å²) in [5.74, 6) is -3.25. The number of aromatic amines is 1. The van der Waals surface area contributed by atoms with E-state index >= 15 is 0 Å². The Morgan fingerprint density at radius 3 is 2.54 bits per heavy atom. The fourth-order valence-corrected chi connectivity index (χ4v) is 8.89. The van der Waals surface area contributed by atoms with E-state index in [0.717, 1.165) is 10.3 Å². The average molecular weight is 877 g/mol. The van der Waals surface area contributed by atoms with Crippen molar-refractivity contribution >= 4 is 68.1 Å². The maximum atomic E-state index is 13.3. The van der Waals surface area contributed by atoms with E-state index in [9.17, 15) is 42.4 Å². The zero-order valence-corrected chi connectivity index (χ0v) is 34.5. The molecule has 1 unspecified atom stereocenters. The van der Waals surface area contributed by atoms with Crippen molar-refractivity contribution in [3.8, 4) is 23.1 Å². The molecule has 6 heterocycles. The molecular formula is C41H40N12O9S. The van der Waals surface area contributed by atoms with Crippen molar-refractivity contribution in [3.05, 3.63) is 83.8 Å². The van der Waals surface area contributed by atoms with E-state index in [0.29, 0.717) is 34.6 Å². The molecule has 2 fully saturated rings. The number of amides is 6. The van der Waals surface area contributed by atoms with Crippen molar-refractivity contribution in [1.29, 1.82) is 5.26 Å². The number of H-pyrrole nitrogens is 1. The third kappa shape index (κ3) is 8.30. The molecule has 8 rings (SSSR count). The van der Waals surface area contributed by atoms with Gasteiger partial charge in [-0.2, -0.15) is 19.6 Å². The van der Waals surface area contributed by atoms with Crippen LogP contribution in [0.4, 0.5) is 11.6 Å². The number of benzene rings is 2. The zero-order chi connectivity index (χ0) is 44.5. The Bertz CT molecular complexity index is 2830. The summed E-state index contributed by atoms with van der Waals surface area (Å²) in [4.78, 5) is 89.0. The van der Waals surface area contributed by atoms with Crippen molar-refractivity contribution in [2.75, 3.05) is 43.9 Å². The lowest BCUT2D eigenvalue weighted by molar-refractivity contribution is -0.136. The highest BCUT2D eigenvalue weighted by molar-refractivity contribution is 7.89. The molecule has 63 heavy (non-hydrogen) atoms. The number of rotatable bonds is 16. The largest absolute Gasteiger partial charge is 0.483 e. The third-order valence-corrected chi connectivity index (χ3v) is 12.8. The Labute approximate surface area is 359 Å². The first kappa shape index (κ1) is 42.2. The number of aromatic nitrogens is 5. The van der Waals surface area contributed by atoms with Crippen LogP contribution >= 0.6 is 0 Å². The van der Waals surface area contributed by atoms with Crippen LogP contribution in [-0.2, 0) is 29.9 Å². The van der Waals surface area contributed by atoms with E-state index in [1.54, 1.807) is 54.5 Å². The van der Waals surface area contributed by atoms with Crippen LogP contribution in [0.3, 0.4) is 0 Å². The number of ether oxygens (including phenoxy) is 1. The number of nitrogens with zero attached hydrogens (tertiary/aromatic N) is 7. The van der Waals surface area contributed by atoms with Crippen molar-refractivity contribution in [2.45, 2.75) is 44.2 Å². The lowest BCUT2D eigenvalue weighted by atomic mass is 9.89. The number of anilines is 2. The van der Waals surface area contributed by atoms with Crippen LogP contribution in [0.1, 0.15) is 63.7 Å². The van der Waals surface area contributed by atoms with Crippen molar-refractivity contribution in [1.82, 2.24) is 49.9 Å². The number of hydrogen-bond donors (Lipinski definition) is 5. The molecular weight excluding hydrogens is 837 g/mol. The van der Waals surface area contributed by atoms with Crippen LogP contribution in [0.2, 0.25) is 0 Å². The van der Waals surface area contributed by atoms with E-state index in [1.165, 1.54) is 22.5 Å². The molecule has 5 N–H and O–H groups in total. The van der Waals surface area contributed by atoms with Gasteiger partial charge in [-0.15, -0.1) is 0 Å². The zero-order valence-electron chi connectivity index (χ0n) is 33.7. The number of piperidine rings is 1. The van der Waals surface area contributed by atoms with E-state index < -0.39 is 57.7 Å². The van der Waals surface area contributed by atoms with Crippen LogP contribution in [-0.4, -0.2) is 122 Å². The predicted molar refractivity (Wildman–Crippen MR) is 223 cm³/mol. The molecule has 0 bridgehead atoms. The number of carbonyl (C=O) groups excluding carboxylic acids is 6. The van der Waals surface area contributed by atoms with Gasteiger partial charge in [-0.05, 0) is 62.2 Å². The second kappa shape index (κ2) is 17.1. The van der Waals surface area contributed by atoms with Gasteiger partial charge in [-0.1, -0.05) is 6.07 Å². The molecule has 3 aliphatic rings. The van der Waals surface area contributed by atoms with Gasteiger partial charge in [0.25, 0.3) is 23.6 Å². The molecule has 0 spiro atoms. The average Bonchev–Trinajstić information content (AvgIpc) is 4.00. The van der Waals surface area contributed by atoms with Gasteiger partial charge in [0.15, 0.2) is 6.61 Å². The minimum Gasteiger partial charge on any atom is -0.483 e. The number of hydrogen-bond acceptors (Lipinski definition) is 14. The van der Waals surface area contributed by atoms with E-state index in [-0.39, 0.29) is 79.9 Å². The molecule has 6 amide bonds. The van der Waals surface area contributed by atoms with Crippen LogP contribution in [0.5, 0.6) is 5.75 Å². The minimum absolute atomic E-state index is 0.00455. The Morgan fingerprint density at radius 2 is 1.79 bits per heavy atom. The first-order valence-corrected chi connectivity index (χ1v) is 21.6. The number of sulfonamides is 1. The number of nitriles is 1. The van der Waals surface area contributed by atoms with Crippen LogP contribution < -0.4 is 26.0 Å². The van der Waals surface area contributed by atoms with E-state index in [4.69, 9.17) is 9.72 Å². The van der Waals surface area contributed by atoms with Crippen LogP contribution in [0, 0.1) is 11.3 Å². The third-order valence-electron chi connectivity index (χ3n) is 11.0. The lowest BCUT2D eigenvalue weighted by Gasteiger charge is -2.47. The van der Waals surface area contributed by atoms with Crippen molar-refractivity contribution in [2.24, 2.45) is 0 Å². The van der Waals surface area contributed by atoms with Crippen LogP contribution in [0.15, 0.2) is 67.1 Å². The van der Waals surface area contributed by atoms with E-state index in [1.807, 2.05) is 6.07 Å². The number of imide groups is 2. The summed E-state index contributed by atoms with van der Waals surface area (Å²) < 4.78 is 33.5. The molecule has 21 nitrogen and oxygen atoms in total. The van der Waals surface area contributed by atoms with Gasteiger partial charge in [0.2, 0.25) is 27.8 Å². The highest BCUT2D eigenvalue weighted by atomic mass is 32.2. The van der Waals surface area contributed by atoms with Gasteiger partial charge < -0.3 is 25.7 Å². The molecule has 22 heteroatoms. The molecule has 1 atom stereocenters. The second-order valence-corrected chi connectivity index (χ2v) is 17.4. The lowest BCUT2D eigenvalue weighted by Crippen LogP contribution is -2.64. The summed E-state index contributed by atoms with van der Waals surface area (Å²) in [6.07, 6.45) is 5.58. The molecule has 5 aromatic rings. The molecule has 0 saturated carbocycles.